The van der Waals surface area contributed by atoms with E-state index in [1.165, 1.54) is 13.1 Å². The normalized spacial score (nSPS) is 28.1. The lowest BCUT2D eigenvalue weighted by Gasteiger charge is -2.57. The van der Waals surface area contributed by atoms with Crippen molar-refractivity contribution in [2.45, 2.75) is 37.8 Å². The van der Waals surface area contributed by atoms with Crippen molar-refractivity contribution in [3.8, 4) is 0 Å². The molecular formula is C12H26N2S3. The van der Waals surface area contributed by atoms with Crippen LogP contribution in [0.25, 0.3) is 0 Å². The number of likely N-dealkylation sites (tertiary alicyclic amines) is 1. The molecule has 0 spiro atoms. The van der Waals surface area contributed by atoms with Gasteiger partial charge in [0.2, 0.25) is 0 Å². The van der Waals surface area contributed by atoms with E-state index in [9.17, 15) is 0 Å². The zero-order valence-electron chi connectivity index (χ0n) is 11.3. The Morgan fingerprint density at radius 2 is 1.71 bits per heavy atom. The van der Waals surface area contributed by atoms with E-state index in [1.54, 1.807) is 0 Å². The van der Waals surface area contributed by atoms with Crippen LogP contribution in [0.15, 0.2) is 0 Å². The smallest absolute Gasteiger partial charge is 0.0631 e. The maximum Gasteiger partial charge on any atom is 0.0631 e. The second-order valence-corrected chi connectivity index (χ2v) is 10.3. The second kappa shape index (κ2) is 5.16. The zero-order valence-corrected chi connectivity index (χ0v) is 14.0. The van der Waals surface area contributed by atoms with Gasteiger partial charge in [0, 0.05) is 31.4 Å². The molecule has 2 heterocycles. The minimum absolute atomic E-state index is 0.234. The van der Waals surface area contributed by atoms with Gasteiger partial charge in [0.1, 0.15) is 0 Å². The summed E-state index contributed by atoms with van der Waals surface area (Å²) >= 11 is 9.39. The van der Waals surface area contributed by atoms with Gasteiger partial charge in [-0.1, -0.05) is 13.8 Å². The van der Waals surface area contributed by atoms with Crippen LogP contribution >= 0.6 is 34.4 Å². The first-order valence-electron chi connectivity index (χ1n) is 6.49. The van der Waals surface area contributed by atoms with Gasteiger partial charge in [-0.15, -0.1) is 21.8 Å². The quantitative estimate of drug-likeness (QED) is 0.542. The van der Waals surface area contributed by atoms with E-state index in [2.05, 4.69) is 49.5 Å². The van der Waals surface area contributed by atoms with Crippen molar-refractivity contribution < 1.29 is 0 Å². The lowest BCUT2D eigenvalue weighted by Crippen LogP contribution is -2.60. The third kappa shape index (κ3) is 2.78. The SMILES string of the molecule is CC(C)C1CN(C(C)(C)[SH](S)N2CC(S)C2)C1. The molecular weight excluding hydrogens is 268 g/mol. The molecule has 0 aliphatic carbocycles. The second-order valence-electron chi connectivity index (χ2n) is 6.22. The highest BCUT2D eigenvalue weighted by Crippen LogP contribution is 2.54. The number of hydrogen-bond acceptors (Lipinski definition) is 4. The van der Waals surface area contributed by atoms with Gasteiger partial charge in [0.05, 0.1) is 4.87 Å². The molecule has 0 aromatic rings. The lowest BCUT2D eigenvalue weighted by atomic mass is 9.87. The van der Waals surface area contributed by atoms with E-state index in [4.69, 9.17) is 11.7 Å². The fourth-order valence-corrected chi connectivity index (χ4v) is 5.72. The van der Waals surface area contributed by atoms with Crippen LogP contribution in [0.3, 0.4) is 0 Å². The fraction of sp³-hybridized carbons (Fsp3) is 1.00. The van der Waals surface area contributed by atoms with Gasteiger partial charge >= 0.3 is 0 Å². The van der Waals surface area contributed by atoms with Crippen LogP contribution in [0, 0.1) is 11.8 Å². The first-order valence-corrected chi connectivity index (χ1v) is 9.45. The van der Waals surface area contributed by atoms with Crippen molar-refractivity contribution in [3.05, 3.63) is 0 Å². The Balaban J connectivity index is 1.86. The molecule has 2 saturated heterocycles. The van der Waals surface area contributed by atoms with Crippen molar-refractivity contribution in [1.82, 2.24) is 9.21 Å². The van der Waals surface area contributed by atoms with E-state index in [0.29, 0.717) is 5.25 Å². The molecule has 2 fully saturated rings. The van der Waals surface area contributed by atoms with Crippen LogP contribution < -0.4 is 0 Å². The molecule has 1 atom stereocenters. The minimum atomic E-state index is -0.352. The molecule has 2 aliphatic heterocycles. The van der Waals surface area contributed by atoms with Gasteiger partial charge in [-0.2, -0.15) is 12.6 Å². The van der Waals surface area contributed by atoms with Gasteiger partial charge in [-0.05, 0) is 25.7 Å². The largest absolute Gasteiger partial charge is 0.289 e. The van der Waals surface area contributed by atoms with Crippen LogP contribution in [0.4, 0.5) is 0 Å². The molecule has 2 rings (SSSR count). The first kappa shape index (κ1) is 14.4. The van der Waals surface area contributed by atoms with Crippen LogP contribution in [0.2, 0.25) is 0 Å². The first-order chi connectivity index (χ1) is 7.82. The number of rotatable bonds is 4. The van der Waals surface area contributed by atoms with Crippen molar-refractivity contribution in [2.24, 2.45) is 11.8 Å². The maximum atomic E-state index is 4.90. The van der Waals surface area contributed by atoms with Gasteiger partial charge in [0.15, 0.2) is 0 Å². The van der Waals surface area contributed by atoms with Crippen molar-refractivity contribution >= 4 is 34.4 Å². The molecule has 0 bridgehead atoms. The van der Waals surface area contributed by atoms with Crippen LogP contribution in [-0.2, 0) is 0 Å². The average Bonchev–Trinajstić information content (AvgIpc) is 2.07. The third-order valence-electron chi connectivity index (χ3n) is 4.23. The predicted molar refractivity (Wildman–Crippen MR) is 86.3 cm³/mol. The monoisotopic (exact) mass is 294 g/mol. The van der Waals surface area contributed by atoms with Crippen molar-refractivity contribution in [3.63, 3.8) is 0 Å². The Morgan fingerprint density at radius 3 is 2.12 bits per heavy atom. The lowest BCUT2D eigenvalue weighted by molar-refractivity contribution is 0.0241. The number of hydrogen-bond donors (Lipinski definition) is 3. The number of thiol groups is 3. The number of nitrogens with zero attached hydrogens (tertiary/aromatic N) is 2. The molecule has 0 N–H and O–H groups in total. The van der Waals surface area contributed by atoms with Crippen LogP contribution in [0.5, 0.6) is 0 Å². The highest BCUT2D eigenvalue weighted by atomic mass is 33.1. The average molecular weight is 295 g/mol. The van der Waals surface area contributed by atoms with E-state index in [0.717, 1.165) is 24.9 Å². The molecule has 2 aliphatic rings. The summed E-state index contributed by atoms with van der Waals surface area (Å²) in [5, 5.41) is 0.572. The predicted octanol–water partition coefficient (Wildman–Crippen LogP) is 2.69. The van der Waals surface area contributed by atoms with Gasteiger partial charge in [-0.3, -0.25) is 9.21 Å². The van der Waals surface area contributed by atoms with E-state index < -0.39 is 0 Å². The van der Waals surface area contributed by atoms with Gasteiger partial charge < -0.3 is 0 Å². The van der Waals surface area contributed by atoms with Crippen molar-refractivity contribution in [2.75, 3.05) is 26.2 Å². The van der Waals surface area contributed by atoms with Crippen molar-refractivity contribution in [1.29, 1.82) is 0 Å². The van der Waals surface area contributed by atoms with Crippen LogP contribution in [0.1, 0.15) is 27.7 Å². The van der Waals surface area contributed by atoms with Gasteiger partial charge in [-0.25, -0.2) is 0 Å². The minimum Gasteiger partial charge on any atom is -0.289 e. The fourth-order valence-electron chi connectivity index (χ4n) is 2.44. The van der Waals surface area contributed by atoms with E-state index in [1.807, 2.05) is 0 Å². The molecule has 1 unspecified atom stereocenters. The van der Waals surface area contributed by atoms with Crippen LogP contribution in [-0.4, -0.2) is 45.5 Å². The molecule has 5 heteroatoms. The Morgan fingerprint density at radius 1 is 1.18 bits per heavy atom. The third-order valence-corrected chi connectivity index (χ3v) is 8.90. The topological polar surface area (TPSA) is 6.48 Å². The molecule has 0 aromatic carbocycles. The molecule has 0 aromatic heterocycles. The van der Waals surface area contributed by atoms with E-state index >= 15 is 0 Å². The molecule has 2 nitrogen and oxygen atoms in total. The molecule has 0 amide bonds. The standard InChI is InChI=1S/C12H26N2S3/c1-9(2)10-5-13(6-10)12(3,4)17(16)14-7-11(15)8-14/h9-11,15-17H,5-8H2,1-4H3. The Kier molecular flexibility index (Phi) is 4.36. The summed E-state index contributed by atoms with van der Waals surface area (Å²) in [5.74, 6) is 1.71. The van der Waals surface area contributed by atoms with Gasteiger partial charge in [0.25, 0.3) is 0 Å². The summed E-state index contributed by atoms with van der Waals surface area (Å²) in [7, 11) is -0.352. The maximum absolute atomic E-state index is 4.90. The summed E-state index contributed by atoms with van der Waals surface area (Å²) in [6.45, 7) is 14.1. The Labute approximate surface area is 119 Å². The molecule has 102 valence electrons. The Bertz CT molecular complexity index is 271. The summed E-state index contributed by atoms with van der Waals surface area (Å²) in [6.07, 6.45) is 0. The van der Waals surface area contributed by atoms with E-state index in [-0.39, 0.29) is 15.0 Å². The zero-order chi connectivity index (χ0) is 12.8. The molecule has 0 radical (unpaired) electrons. The summed E-state index contributed by atoms with van der Waals surface area (Å²) in [4.78, 5) is 2.85. The summed E-state index contributed by atoms with van der Waals surface area (Å²) in [5.41, 5.74) is 0. The summed E-state index contributed by atoms with van der Waals surface area (Å²) in [6, 6.07) is 0. The summed E-state index contributed by atoms with van der Waals surface area (Å²) < 4.78 is 2.50. The highest BCUT2D eigenvalue weighted by molar-refractivity contribution is 8.77. The molecule has 17 heavy (non-hydrogen) atoms. The molecule has 0 saturated carbocycles. The highest BCUT2D eigenvalue weighted by Gasteiger charge is 2.44. The Hall–Kier alpha value is 0.970.